The molecule has 0 heterocycles. The summed E-state index contributed by atoms with van der Waals surface area (Å²) in [6.07, 6.45) is -0.284. The number of hydrogen-bond acceptors (Lipinski definition) is 5. The van der Waals surface area contributed by atoms with E-state index < -0.39 is 4.92 Å². The van der Waals surface area contributed by atoms with Crippen molar-refractivity contribution >= 4 is 5.69 Å². The molecule has 1 N–H and O–H groups in total. The average Bonchev–Trinajstić information content (AvgIpc) is 2.35. The van der Waals surface area contributed by atoms with Gasteiger partial charge < -0.3 is 14.8 Å². The van der Waals surface area contributed by atoms with Crippen molar-refractivity contribution in [2.24, 2.45) is 0 Å². The molecular weight excluding hydrogens is 224 g/mol. The van der Waals surface area contributed by atoms with Crippen LogP contribution >= 0.6 is 0 Å². The van der Waals surface area contributed by atoms with Crippen LogP contribution in [0.25, 0.3) is 0 Å². The third-order valence-electron chi connectivity index (χ3n) is 2.31. The highest BCUT2D eigenvalue weighted by Gasteiger charge is 2.05. The molecular formula is C11H16N2O4. The highest BCUT2D eigenvalue weighted by atomic mass is 16.7. The summed E-state index contributed by atoms with van der Waals surface area (Å²) < 4.78 is 10.0. The molecule has 0 atom stereocenters. The summed E-state index contributed by atoms with van der Waals surface area (Å²) in [4.78, 5) is 10.0. The Hall–Kier alpha value is -1.50. The monoisotopic (exact) mass is 240 g/mol. The maximum Gasteiger partial charge on any atom is 0.269 e. The third-order valence-corrected chi connectivity index (χ3v) is 2.31. The number of methoxy groups -OCH3 is 2. The number of nitrogens with one attached hydrogen (secondary N) is 1. The number of nitrogens with zero attached hydrogens (tertiary/aromatic N) is 1. The first-order valence-corrected chi connectivity index (χ1v) is 5.17. The number of nitro benzene ring substituents is 1. The molecule has 0 fully saturated rings. The normalized spacial score (nSPS) is 10.8. The highest BCUT2D eigenvalue weighted by molar-refractivity contribution is 5.32. The van der Waals surface area contributed by atoms with Crippen LogP contribution in [-0.2, 0) is 16.0 Å². The first-order chi connectivity index (χ1) is 8.17. The Kier molecular flexibility index (Phi) is 5.55. The molecule has 0 aliphatic heterocycles. The van der Waals surface area contributed by atoms with Crippen molar-refractivity contribution in [3.63, 3.8) is 0 Å². The summed E-state index contributed by atoms with van der Waals surface area (Å²) in [5.74, 6) is 0. The number of ether oxygens (including phenoxy) is 2. The van der Waals surface area contributed by atoms with Crippen LogP contribution < -0.4 is 5.32 Å². The van der Waals surface area contributed by atoms with Crippen molar-refractivity contribution in [1.82, 2.24) is 5.32 Å². The van der Waals surface area contributed by atoms with Gasteiger partial charge in [0.1, 0.15) is 0 Å². The van der Waals surface area contributed by atoms with E-state index in [4.69, 9.17) is 9.47 Å². The Morgan fingerprint density at radius 3 is 2.35 bits per heavy atom. The zero-order chi connectivity index (χ0) is 12.7. The number of hydrogen-bond donors (Lipinski definition) is 1. The topological polar surface area (TPSA) is 73.6 Å². The minimum atomic E-state index is -0.414. The molecule has 0 spiro atoms. The Bertz CT molecular complexity index is 349. The Balaban J connectivity index is 2.39. The van der Waals surface area contributed by atoms with E-state index >= 15 is 0 Å². The molecule has 17 heavy (non-hydrogen) atoms. The van der Waals surface area contributed by atoms with E-state index in [1.807, 2.05) is 0 Å². The maximum absolute atomic E-state index is 10.5. The van der Waals surface area contributed by atoms with Crippen LogP contribution in [-0.4, -0.2) is 32.0 Å². The molecule has 0 aromatic heterocycles. The van der Waals surface area contributed by atoms with Crippen LogP contribution in [0, 0.1) is 10.1 Å². The predicted octanol–water partition coefficient (Wildman–Crippen LogP) is 1.30. The van der Waals surface area contributed by atoms with Crippen molar-refractivity contribution in [3.05, 3.63) is 39.9 Å². The molecule has 0 bridgehead atoms. The molecule has 6 heteroatoms. The molecule has 1 rings (SSSR count). The van der Waals surface area contributed by atoms with Crippen LogP contribution in [0.2, 0.25) is 0 Å². The zero-order valence-corrected chi connectivity index (χ0v) is 9.88. The van der Waals surface area contributed by atoms with Crippen LogP contribution in [0.4, 0.5) is 5.69 Å². The molecule has 0 aliphatic rings. The lowest BCUT2D eigenvalue weighted by Gasteiger charge is -2.13. The standard InChI is InChI=1S/C11H16N2O4/c1-16-11(17-2)8-12-7-9-3-5-10(6-4-9)13(14)15/h3-6,11-12H,7-8H2,1-2H3. The minimum Gasteiger partial charge on any atom is -0.355 e. The highest BCUT2D eigenvalue weighted by Crippen LogP contribution is 2.11. The van der Waals surface area contributed by atoms with Crippen LogP contribution in [0.3, 0.4) is 0 Å². The van der Waals surface area contributed by atoms with Crippen molar-refractivity contribution in [2.45, 2.75) is 12.8 Å². The van der Waals surface area contributed by atoms with E-state index in [1.165, 1.54) is 12.1 Å². The van der Waals surface area contributed by atoms with E-state index in [0.717, 1.165) is 5.56 Å². The van der Waals surface area contributed by atoms with Crippen molar-refractivity contribution in [2.75, 3.05) is 20.8 Å². The second-order valence-electron chi connectivity index (χ2n) is 3.46. The first-order valence-electron chi connectivity index (χ1n) is 5.17. The van der Waals surface area contributed by atoms with E-state index in [-0.39, 0.29) is 12.0 Å². The third kappa shape index (κ3) is 4.48. The molecule has 0 radical (unpaired) electrons. The largest absolute Gasteiger partial charge is 0.355 e. The Morgan fingerprint density at radius 1 is 1.29 bits per heavy atom. The second kappa shape index (κ2) is 6.95. The van der Waals surface area contributed by atoms with Gasteiger partial charge in [0.15, 0.2) is 6.29 Å². The van der Waals surface area contributed by atoms with Crippen LogP contribution in [0.5, 0.6) is 0 Å². The number of nitro groups is 1. The summed E-state index contributed by atoms with van der Waals surface area (Å²) in [6.45, 7) is 1.17. The molecule has 6 nitrogen and oxygen atoms in total. The summed E-state index contributed by atoms with van der Waals surface area (Å²) >= 11 is 0. The first kappa shape index (κ1) is 13.6. The zero-order valence-electron chi connectivity index (χ0n) is 9.88. The van der Waals surface area contributed by atoms with E-state index in [1.54, 1.807) is 26.4 Å². The van der Waals surface area contributed by atoms with Gasteiger partial charge in [-0.25, -0.2) is 0 Å². The number of non-ortho nitro benzene ring substituents is 1. The lowest BCUT2D eigenvalue weighted by molar-refractivity contribution is -0.384. The van der Waals surface area contributed by atoms with Gasteiger partial charge in [0.05, 0.1) is 4.92 Å². The Morgan fingerprint density at radius 2 is 1.88 bits per heavy atom. The quantitative estimate of drug-likeness (QED) is 0.442. The van der Waals surface area contributed by atoms with Gasteiger partial charge in [-0.05, 0) is 5.56 Å². The number of rotatable bonds is 7. The van der Waals surface area contributed by atoms with Gasteiger partial charge >= 0.3 is 0 Å². The van der Waals surface area contributed by atoms with E-state index in [0.29, 0.717) is 13.1 Å². The van der Waals surface area contributed by atoms with Gasteiger partial charge in [-0.15, -0.1) is 0 Å². The van der Waals surface area contributed by atoms with Crippen LogP contribution in [0.15, 0.2) is 24.3 Å². The summed E-state index contributed by atoms with van der Waals surface area (Å²) in [7, 11) is 3.14. The SMILES string of the molecule is COC(CNCc1ccc([N+](=O)[O-])cc1)OC. The molecule has 0 unspecified atom stereocenters. The lowest BCUT2D eigenvalue weighted by atomic mass is 10.2. The van der Waals surface area contributed by atoms with Crippen LogP contribution in [0.1, 0.15) is 5.56 Å². The van der Waals surface area contributed by atoms with Crippen molar-refractivity contribution in [1.29, 1.82) is 0 Å². The van der Waals surface area contributed by atoms with Crippen molar-refractivity contribution < 1.29 is 14.4 Å². The van der Waals surface area contributed by atoms with E-state index in [2.05, 4.69) is 5.32 Å². The maximum atomic E-state index is 10.5. The summed E-state index contributed by atoms with van der Waals surface area (Å²) in [5.41, 5.74) is 1.07. The Labute approximate surface area is 99.7 Å². The van der Waals surface area contributed by atoms with E-state index in [9.17, 15) is 10.1 Å². The molecule has 1 aromatic carbocycles. The molecule has 0 saturated heterocycles. The van der Waals surface area contributed by atoms with Gasteiger partial charge in [0.2, 0.25) is 0 Å². The predicted molar refractivity (Wildman–Crippen MR) is 62.6 cm³/mol. The second-order valence-corrected chi connectivity index (χ2v) is 3.46. The average molecular weight is 240 g/mol. The smallest absolute Gasteiger partial charge is 0.269 e. The lowest BCUT2D eigenvalue weighted by Crippen LogP contribution is -2.29. The van der Waals surface area contributed by atoms with Crippen molar-refractivity contribution in [3.8, 4) is 0 Å². The van der Waals surface area contributed by atoms with Gasteiger partial charge in [0.25, 0.3) is 5.69 Å². The molecule has 1 aromatic rings. The van der Waals surface area contributed by atoms with Gasteiger partial charge in [-0.1, -0.05) is 12.1 Å². The summed E-state index contributed by atoms with van der Waals surface area (Å²) in [5, 5.41) is 13.6. The van der Waals surface area contributed by atoms with Gasteiger partial charge in [0, 0.05) is 39.4 Å². The van der Waals surface area contributed by atoms with Gasteiger partial charge in [-0.2, -0.15) is 0 Å². The van der Waals surface area contributed by atoms with Gasteiger partial charge in [-0.3, -0.25) is 10.1 Å². The molecule has 0 aliphatic carbocycles. The fraction of sp³-hybridized carbons (Fsp3) is 0.455. The molecule has 0 saturated carbocycles. The molecule has 94 valence electrons. The fourth-order valence-electron chi connectivity index (χ4n) is 1.33. The fourth-order valence-corrected chi connectivity index (χ4v) is 1.33. The minimum absolute atomic E-state index is 0.0976. The molecule has 0 amide bonds. The number of benzene rings is 1. The summed E-state index contributed by atoms with van der Waals surface area (Å²) in [6, 6.07) is 6.42.